The second-order valence-corrected chi connectivity index (χ2v) is 4.24. The number of aromatic nitrogens is 2. The lowest BCUT2D eigenvalue weighted by molar-refractivity contribution is 0.0783. The van der Waals surface area contributed by atoms with E-state index in [1.807, 2.05) is 0 Å². The number of aromatic amines is 1. The minimum absolute atomic E-state index is 0. The number of nitrogens with zero attached hydrogens (tertiary/aromatic N) is 2. The molecule has 1 aliphatic rings. The van der Waals surface area contributed by atoms with Crippen LogP contribution in [0, 0.1) is 0 Å². The number of hydrogen-bond donors (Lipinski definition) is 2. The van der Waals surface area contributed by atoms with Crippen LogP contribution in [-0.2, 0) is 13.0 Å². The first-order valence-corrected chi connectivity index (χ1v) is 6.05. The van der Waals surface area contributed by atoms with Crippen LogP contribution >= 0.6 is 12.4 Å². The summed E-state index contributed by atoms with van der Waals surface area (Å²) in [5.74, 6) is -0.0731. The van der Waals surface area contributed by atoms with E-state index in [1.54, 1.807) is 17.1 Å². The van der Waals surface area contributed by atoms with Crippen LogP contribution in [0.15, 0.2) is 25.3 Å². The normalized spacial score (nSPS) is 13.1. The summed E-state index contributed by atoms with van der Waals surface area (Å²) in [5.41, 5.74) is 2.57. The summed E-state index contributed by atoms with van der Waals surface area (Å²) in [6.45, 7) is 9.95. The third-order valence-electron chi connectivity index (χ3n) is 3.00. The number of nitrogens with one attached hydrogen (secondary N) is 2. The van der Waals surface area contributed by atoms with Crippen LogP contribution in [0.4, 0.5) is 0 Å². The Kier molecular flexibility index (Phi) is 5.79. The van der Waals surface area contributed by atoms with Gasteiger partial charge in [-0.3, -0.25) is 9.89 Å². The van der Waals surface area contributed by atoms with Crippen LogP contribution < -0.4 is 5.32 Å². The van der Waals surface area contributed by atoms with Gasteiger partial charge < -0.3 is 10.2 Å². The average Bonchev–Trinajstić information content (AvgIpc) is 2.81. The summed E-state index contributed by atoms with van der Waals surface area (Å²) in [6.07, 6.45) is 4.30. The lowest BCUT2D eigenvalue weighted by Gasteiger charge is -2.19. The van der Waals surface area contributed by atoms with E-state index in [4.69, 9.17) is 0 Å². The number of rotatable bonds is 5. The zero-order valence-corrected chi connectivity index (χ0v) is 11.6. The highest BCUT2D eigenvalue weighted by molar-refractivity contribution is 5.94. The molecule has 0 bridgehead atoms. The number of amides is 1. The van der Waals surface area contributed by atoms with Gasteiger partial charge in [0.2, 0.25) is 0 Å². The van der Waals surface area contributed by atoms with Crippen LogP contribution in [0.5, 0.6) is 0 Å². The number of fused-ring (bicyclic) bond motifs is 1. The Hall–Kier alpha value is -1.59. The maximum Gasteiger partial charge on any atom is 0.275 e. The molecular weight excluding hydrogens is 264 g/mol. The summed E-state index contributed by atoms with van der Waals surface area (Å²) in [6, 6.07) is 0. The van der Waals surface area contributed by atoms with Crippen LogP contribution in [0.25, 0.3) is 0 Å². The predicted octanol–water partition coefficient (Wildman–Crippen LogP) is 1.29. The van der Waals surface area contributed by atoms with E-state index in [-0.39, 0.29) is 18.3 Å². The molecular formula is C13H19ClN4O. The second-order valence-electron chi connectivity index (χ2n) is 4.24. The Morgan fingerprint density at radius 2 is 2.05 bits per heavy atom. The minimum Gasteiger partial charge on any atom is -0.330 e. The molecule has 0 aliphatic carbocycles. The predicted molar refractivity (Wildman–Crippen MR) is 77.5 cm³/mol. The van der Waals surface area contributed by atoms with Crippen molar-refractivity contribution in [1.82, 2.24) is 20.4 Å². The topological polar surface area (TPSA) is 61.0 Å². The first-order valence-electron chi connectivity index (χ1n) is 6.05. The standard InChI is InChI=1S/C13H18N4O.ClH/c1-3-7-17(8-4-2)13(18)12-10-9-14-6-5-11(10)15-16-12;/h3-4,14H,1-2,5-9H2,(H,15,16);1H. The van der Waals surface area contributed by atoms with E-state index in [1.165, 1.54) is 0 Å². The number of hydrogen-bond acceptors (Lipinski definition) is 3. The van der Waals surface area contributed by atoms with Gasteiger partial charge in [0.15, 0.2) is 5.69 Å². The van der Waals surface area contributed by atoms with Crippen LogP contribution in [-0.4, -0.2) is 40.6 Å². The molecule has 1 amide bonds. The van der Waals surface area contributed by atoms with Gasteiger partial charge in [-0.2, -0.15) is 5.10 Å². The highest BCUT2D eigenvalue weighted by Gasteiger charge is 2.24. The van der Waals surface area contributed by atoms with Crippen molar-refractivity contribution in [1.29, 1.82) is 0 Å². The van der Waals surface area contributed by atoms with E-state index < -0.39 is 0 Å². The number of carbonyl (C=O) groups is 1. The van der Waals surface area contributed by atoms with Gasteiger partial charge in [-0.15, -0.1) is 25.6 Å². The Morgan fingerprint density at radius 3 is 2.68 bits per heavy atom. The van der Waals surface area contributed by atoms with Crippen LogP contribution in [0.1, 0.15) is 21.7 Å². The number of halogens is 1. The largest absolute Gasteiger partial charge is 0.330 e. The third kappa shape index (κ3) is 3.24. The second kappa shape index (κ2) is 7.11. The zero-order valence-electron chi connectivity index (χ0n) is 10.8. The molecule has 19 heavy (non-hydrogen) atoms. The van der Waals surface area contributed by atoms with Gasteiger partial charge in [0.25, 0.3) is 5.91 Å². The van der Waals surface area contributed by atoms with Gasteiger partial charge in [0.1, 0.15) is 0 Å². The number of carbonyl (C=O) groups excluding carboxylic acids is 1. The highest BCUT2D eigenvalue weighted by atomic mass is 35.5. The molecule has 0 aromatic carbocycles. The molecule has 1 aromatic heterocycles. The van der Waals surface area contributed by atoms with Crippen LogP contribution in [0.3, 0.4) is 0 Å². The molecule has 0 radical (unpaired) electrons. The maximum atomic E-state index is 12.4. The van der Waals surface area contributed by atoms with Crippen molar-refractivity contribution in [2.45, 2.75) is 13.0 Å². The van der Waals surface area contributed by atoms with Crippen molar-refractivity contribution in [2.24, 2.45) is 0 Å². The number of H-pyrrole nitrogens is 1. The molecule has 0 unspecified atom stereocenters. The quantitative estimate of drug-likeness (QED) is 0.800. The Bertz CT molecular complexity index is 459. The average molecular weight is 283 g/mol. The molecule has 0 fully saturated rings. The lowest BCUT2D eigenvalue weighted by Crippen LogP contribution is -2.33. The third-order valence-corrected chi connectivity index (χ3v) is 3.00. The molecule has 6 heteroatoms. The first kappa shape index (κ1) is 15.5. The van der Waals surface area contributed by atoms with E-state index in [0.717, 1.165) is 24.2 Å². The highest BCUT2D eigenvalue weighted by Crippen LogP contribution is 2.17. The van der Waals surface area contributed by atoms with Crippen molar-refractivity contribution in [2.75, 3.05) is 19.6 Å². The van der Waals surface area contributed by atoms with Gasteiger partial charge in [0, 0.05) is 43.9 Å². The molecule has 5 nitrogen and oxygen atoms in total. The van der Waals surface area contributed by atoms with Gasteiger partial charge >= 0.3 is 0 Å². The molecule has 0 saturated heterocycles. The minimum atomic E-state index is -0.0731. The Balaban J connectivity index is 0.00000180. The lowest BCUT2D eigenvalue weighted by atomic mass is 10.1. The first-order chi connectivity index (χ1) is 8.77. The van der Waals surface area contributed by atoms with Gasteiger partial charge in [0.05, 0.1) is 0 Å². The molecule has 2 N–H and O–H groups in total. The molecule has 0 spiro atoms. The van der Waals surface area contributed by atoms with E-state index in [2.05, 4.69) is 28.7 Å². The van der Waals surface area contributed by atoms with E-state index in [0.29, 0.717) is 25.3 Å². The van der Waals surface area contributed by atoms with Crippen molar-refractivity contribution in [3.05, 3.63) is 42.3 Å². The van der Waals surface area contributed by atoms with Crippen molar-refractivity contribution >= 4 is 18.3 Å². The van der Waals surface area contributed by atoms with Gasteiger partial charge in [-0.05, 0) is 0 Å². The fourth-order valence-corrected chi connectivity index (χ4v) is 2.10. The fourth-order valence-electron chi connectivity index (χ4n) is 2.10. The van der Waals surface area contributed by atoms with E-state index >= 15 is 0 Å². The summed E-state index contributed by atoms with van der Waals surface area (Å²) in [4.78, 5) is 14.0. The summed E-state index contributed by atoms with van der Waals surface area (Å²) in [7, 11) is 0. The molecule has 0 atom stereocenters. The van der Waals surface area contributed by atoms with Gasteiger partial charge in [-0.25, -0.2) is 0 Å². The molecule has 1 aromatic rings. The Labute approximate surface area is 119 Å². The zero-order chi connectivity index (χ0) is 13.0. The SMILES string of the molecule is C=CCN(CC=C)C(=O)c1n[nH]c2c1CNCC2.Cl. The molecule has 1 aliphatic heterocycles. The van der Waals surface area contributed by atoms with Gasteiger partial charge in [-0.1, -0.05) is 12.2 Å². The smallest absolute Gasteiger partial charge is 0.275 e. The monoisotopic (exact) mass is 282 g/mol. The van der Waals surface area contributed by atoms with E-state index in [9.17, 15) is 4.79 Å². The molecule has 104 valence electrons. The van der Waals surface area contributed by atoms with Crippen molar-refractivity contribution < 1.29 is 4.79 Å². The summed E-state index contributed by atoms with van der Waals surface area (Å²) < 4.78 is 0. The molecule has 0 saturated carbocycles. The fraction of sp³-hybridized carbons (Fsp3) is 0.385. The summed E-state index contributed by atoms with van der Waals surface area (Å²) in [5, 5.41) is 10.4. The summed E-state index contributed by atoms with van der Waals surface area (Å²) >= 11 is 0. The molecule has 2 rings (SSSR count). The maximum absolute atomic E-state index is 12.4. The van der Waals surface area contributed by atoms with Crippen LogP contribution in [0.2, 0.25) is 0 Å². The van der Waals surface area contributed by atoms with Crippen molar-refractivity contribution in [3.63, 3.8) is 0 Å². The Morgan fingerprint density at radius 1 is 1.37 bits per heavy atom. The van der Waals surface area contributed by atoms with Crippen molar-refractivity contribution in [3.8, 4) is 0 Å². The molecule has 2 heterocycles.